The average molecular weight is 672 g/mol. The number of hydroxylamine groups is 3. The Labute approximate surface area is 281 Å². The Morgan fingerprint density at radius 3 is 2.15 bits per heavy atom. The molecule has 264 valence electrons. The molecule has 1 spiro atoms. The molecule has 12 nitrogen and oxygen atoms in total. The second-order valence-corrected chi connectivity index (χ2v) is 15.2. The van der Waals surface area contributed by atoms with Crippen molar-refractivity contribution in [3.63, 3.8) is 0 Å². The van der Waals surface area contributed by atoms with Crippen LogP contribution in [-0.2, 0) is 42.7 Å². The number of nitrogens with zero attached hydrogens (tertiary/aromatic N) is 1. The smallest absolute Gasteiger partial charge is 0.338 e. The predicted octanol–water partition coefficient (Wildman–Crippen LogP) is 3.29. The Bertz CT molecular complexity index is 1460. The molecular formula is C36H49NO11. The molecule has 0 amide bonds. The molecule has 1 aromatic carbocycles. The fraction of sp³-hybridized carbons (Fsp3) is 0.750. The van der Waals surface area contributed by atoms with Crippen LogP contribution in [0, 0.1) is 39.7 Å². The van der Waals surface area contributed by atoms with Gasteiger partial charge in [-0.1, -0.05) is 18.2 Å². The second kappa shape index (κ2) is 11.5. The lowest BCUT2D eigenvalue weighted by molar-refractivity contribution is -0.933. The quantitative estimate of drug-likeness (QED) is 0.157. The Hall–Kier alpha value is -2.61. The van der Waals surface area contributed by atoms with Crippen molar-refractivity contribution in [1.29, 1.82) is 0 Å². The molecule has 0 aromatic heterocycles. The molecule has 1 aromatic rings. The number of esters is 3. The van der Waals surface area contributed by atoms with Gasteiger partial charge in [-0.05, 0) is 44.2 Å². The standard InChI is InChI=1S/C36H49NO11/c1-8-37(41)18-33(19-42-4)15-14-24(43-5)36-23-16-34(47-20(2)38)25(44-6)17-35(48-21(3)39,27(30(36)37)28(45-7)29(33)36)26(23)31(34)46-32(40)22-12-10-9-11-13-22/h9-13,23-31H,8,14-19H2,1-7H3/t23-,24+,25+,26-,27+,28+,29-,30-,31-,33+,34-,35-,36+,37?/m1/s1. The molecule has 6 fully saturated rings. The van der Waals surface area contributed by atoms with Crippen LogP contribution in [0.25, 0.3) is 0 Å². The highest BCUT2D eigenvalue weighted by Crippen LogP contribution is 2.82. The molecule has 5 saturated carbocycles. The Kier molecular flexibility index (Phi) is 8.09. The van der Waals surface area contributed by atoms with Gasteiger partial charge in [0.15, 0.2) is 11.7 Å². The van der Waals surface area contributed by atoms with E-state index < -0.39 is 86.7 Å². The van der Waals surface area contributed by atoms with Crippen LogP contribution in [0.15, 0.2) is 30.3 Å². The van der Waals surface area contributed by atoms with Gasteiger partial charge in [0, 0.05) is 66.0 Å². The van der Waals surface area contributed by atoms with Crippen molar-refractivity contribution in [2.24, 2.45) is 34.5 Å². The molecule has 7 rings (SSSR count). The molecule has 1 aliphatic heterocycles. The average Bonchev–Trinajstić information content (AvgIpc) is 3.47. The van der Waals surface area contributed by atoms with Crippen LogP contribution in [0.5, 0.6) is 0 Å². The molecule has 14 atom stereocenters. The molecular weight excluding hydrogens is 622 g/mol. The molecule has 0 N–H and O–H groups in total. The number of ether oxygens (including phenoxy) is 7. The monoisotopic (exact) mass is 671 g/mol. The molecule has 7 bridgehead atoms. The van der Waals surface area contributed by atoms with Gasteiger partial charge >= 0.3 is 17.9 Å². The number of fused-ring (bicyclic) bond motifs is 2. The van der Waals surface area contributed by atoms with Crippen LogP contribution in [0.4, 0.5) is 0 Å². The fourth-order valence-corrected chi connectivity index (χ4v) is 13.0. The number of carbonyl (C=O) groups excluding carboxylic acids is 3. The first-order valence-corrected chi connectivity index (χ1v) is 17.2. The van der Waals surface area contributed by atoms with E-state index in [9.17, 15) is 14.4 Å². The lowest BCUT2D eigenvalue weighted by Crippen LogP contribution is -2.81. The predicted molar refractivity (Wildman–Crippen MR) is 169 cm³/mol. The van der Waals surface area contributed by atoms with E-state index in [1.54, 1.807) is 45.6 Å². The lowest BCUT2D eigenvalue weighted by atomic mass is 9.43. The van der Waals surface area contributed by atoms with Gasteiger partial charge in [-0.25, -0.2) is 4.79 Å². The summed E-state index contributed by atoms with van der Waals surface area (Å²) in [6.45, 7) is 5.61. The van der Waals surface area contributed by atoms with Gasteiger partial charge in [-0.2, -0.15) is 0 Å². The summed E-state index contributed by atoms with van der Waals surface area (Å²) in [4.78, 5) is 40.4. The van der Waals surface area contributed by atoms with Crippen LogP contribution in [0.1, 0.15) is 56.8 Å². The van der Waals surface area contributed by atoms with Gasteiger partial charge in [0.25, 0.3) is 0 Å². The van der Waals surface area contributed by atoms with Gasteiger partial charge in [0.2, 0.25) is 0 Å². The SMILES string of the molecule is CC[N+]1([O-])C[C@]2(COC)CC[C@H](OC)[C@@]34[C@@H]5C[C@@]6(OC(C)=O)[C@@H](OC)C[C@@](OC(C)=O)([C@H]5[C@H]6OC(=O)c5ccccc5)[C@@H]([C@H](OC)[C@H]23)[C@H]41. The lowest BCUT2D eigenvalue weighted by Gasteiger charge is -2.72. The van der Waals surface area contributed by atoms with E-state index >= 15 is 5.21 Å². The number of carbonyl (C=O) groups is 3. The number of methoxy groups -OCH3 is 4. The summed E-state index contributed by atoms with van der Waals surface area (Å²) < 4.78 is 44.2. The molecule has 5 aliphatic carbocycles. The Morgan fingerprint density at radius 2 is 1.56 bits per heavy atom. The van der Waals surface area contributed by atoms with Gasteiger partial charge in [-0.15, -0.1) is 0 Å². The first kappa shape index (κ1) is 33.9. The second-order valence-electron chi connectivity index (χ2n) is 15.2. The van der Waals surface area contributed by atoms with Crippen LogP contribution in [0.3, 0.4) is 0 Å². The third-order valence-electron chi connectivity index (χ3n) is 13.6. The number of quaternary nitrogens is 1. The van der Waals surface area contributed by atoms with Crippen LogP contribution in [-0.4, -0.2) is 112 Å². The van der Waals surface area contributed by atoms with Crippen molar-refractivity contribution in [2.45, 2.75) is 88.1 Å². The van der Waals surface area contributed by atoms with E-state index in [1.165, 1.54) is 21.0 Å². The number of piperidine rings is 1. The van der Waals surface area contributed by atoms with Gasteiger partial charge in [0.05, 0.1) is 48.8 Å². The summed E-state index contributed by atoms with van der Waals surface area (Å²) in [6.07, 6.45) is -0.989. The minimum Gasteiger partial charge on any atom is -0.633 e. The zero-order chi connectivity index (χ0) is 34.4. The molecule has 12 heteroatoms. The summed E-state index contributed by atoms with van der Waals surface area (Å²) in [5, 5.41) is 15.7. The van der Waals surface area contributed by atoms with E-state index in [4.69, 9.17) is 33.2 Å². The van der Waals surface area contributed by atoms with E-state index in [0.29, 0.717) is 31.6 Å². The van der Waals surface area contributed by atoms with E-state index in [1.807, 2.05) is 13.0 Å². The van der Waals surface area contributed by atoms with Crippen molar-refractivity contribution in [1.82, 2.24) is 0 Å². The van der Waals surface area contributed by atoms with Crippen LogP contribution in [0.2, 0.25) is 0 Å². The van der Waals surface area contributed by atoms with Gasteiger partial charge in [-0.3, -0.25) is 9.59 Å². The van der Waals surface area contributed by atoms with E-state index in [2.05, 4.69) is 0 Å². The highest BCUT2D eigenvalue weighted by atomic mass is 16.6. The Morgan fingerprint density at radius 1 is 0.896 bits per heavy atom. The van der Waals surface area contributed by atoms with E-state index in [0.717, 1.165) is 0 Å². The van der Waals surface area contributed by atoms with Crippen LogP contribution < -0.4 is 0 Å². The van der Waals surface area contributed by atoms with E-state index in [-0.39, 0.29) is 31.4 Å². The first-order valence-electron chi connectivity index (χ1n) is 17.2. The van der Waals surface area contributed by atoms with Crippen molar-refractivity contribution in [2.75, 3.05) is 48.1 Å². The van der Waals surface area contributed by atoms with Crippen molar-refractivity contribution in [3.05, 3.63) is 41.1 Å². The first-order chi connectivity index (χ1) is 22.9. The summed E-state index contributed by atoms with van der Waals surface area (Å²) in [7, 11) is 6.56. The number of likely N-dealkylation sites (tertiary alicyclic amines) is 1. The zero-order valence-corrected chi connectivity index (χ0v) is 29.0. The van der Waals surface area contributed by atoms with Crippen molar-refractivity contribution in [3.8, 4) is 0 Å². The van der Waals surface area contributed by atoms with Crippen molar-refractivity contribution < 1.29 is 52.2 Å². The molecule has 1 unspecified atom stereocenters. The van der Waals surface area contributed by atoms with Gasteiger partial charge in [0.1, 0.15) is 17.7 Å². The van der Waals surface area contributed by atoms with Crippen LogP contribution >= 0.6 is 0 Å². The normalized spacial score (nSPS) is 47.7. The minimum atomic E-state index is -1.41. The van der Waals surface area contributed by atoms with Crippen molar-refractivity contribution >= 4 is 17.9 Å². The number of hydrogen-bond donors (Lipinski definition) is 0. The largest absolute Gasteiger partial charge is 0.633 e. The molecule has 1 heterocycles. The fourth-order valence-electron chi connectivity index (χ4n) is 13.0. The number of rotatable bonds is 10. The molecule has 1 saturated heterocycles. The minimum absolute atomic E-state index is 0.138. The Balaban J connectivity index is 1.55. The molecule has 48 heavy (non-hydrogen) atoms. The topological polar surface area (TPSA) is 139 Å². The number of benzene rings is 1. The third-order valence-corrected chi connectivity index (χ3v) is 13.6. The summed E-state index contributed by atoms with van der Waals surface area (Å²) >= 11 is 0. The summed E-state index contributed by atoms with van der Waals surface area (Å²) in [6, 6.07) is 8.07. The highest BCUT2D eigenvalue weighted by molar-refractivity contribution is 5.89. The summed E-state index contributed by atoms with van der Waals surface area (Å²) in [5.41, 5.74) is -3.81. The summed E-state index contributed by atoms with van der Waals surface area (Å²) in [5.74, 6) is -3.55. The third kappa shape index (κ3) is 4.07. The number of hydrogen-bond acceptors (Lipinski definition) is 11. The zero-order valence-electron chi connectivity index (χ0n) is 29.0. The maximum Gasteiger partial charge on any atom is 0.338 e. The maximum absolute atomic E-state index is 15.7. The maximum atomic E-state index is 15.7. The highest BCUT2D eigenvalue weighted by Gasteiger charge is 2.92. The molecule has 6 aliphatic rings. The van der Waals surface area contributed by atoms with Gasteiger partial charge < -0.3 is 43.0 Å². The molecule has 0 radical (unpaired) electrons.